The highest BCUT2D eigenvalue weighted by Crippen LogP contribution is 2.43. The van der Waals surface area contributed by atoms with E-state index in [1.54, 1.807) is 0 Å². The van der Waals surface area contributed by atoms with Gasteiger partial charge in [-0.25, -0.2) is 0 Å². The SMILES string of the molecule is Cn1ncc(CN2CCC3(CCCN(CCO)C3=O)C2)c1C1CC1. The number of amides is 1. The molecule has 0 bridgehead atoms. The first kappa shape index (κ1) is 16.1. The number of aryl methyl sites for hydroxylation is 1. The molecule has 1 saturated carbocycles. The summed E-state index contributed by atoms with van der Waals surface area (Å²) in [6.07, 6.45) is 7.58. The third-order valence-corrected chi connectivity index (χ3v) is 6.05. The highest BCUT2D eigenvalue weighted by Gasteiger charge is 2.48. The van der Waals surface area contributed by atoms with E-state index in [-0.39, 0.29) is 17.9 Å². The first-order valence-corrected chi connectivity index (χ1v) is 9.26. The lowest BCUT2D eigenvalue weighted by atomic mass is 9.78. The minimum atomic E-state index is -0.213. The number of β-amino-alcohol motifs (C(OH)–C–C–N with tert-alkyl or cyclic N) is 1. The van der Waals surface area contributed by atoms with Crippen molar-refractivity contribution in [1.82, 2.24) is 19.6 Å². The number of aliphatic hydroxyl groups excluding tert-OH is 1. The molecule has 3 fully saturated rings. The lowest BCUT2D eigenvalue weighted by Gasteiger charge is -2.39. The molecule has 0 radical (unpaired) electrons. The molecule has 1 N–H and O–H groups in total. The Morgan fingerprint density at radius 1 is 1.33 bits per heavy atom. The third kappa shape index (κ3) is 2.75. The van der Waals surface area contributed by atoms with Crippen molar-refractivity contribution in [2.24, 2.45) is 12.5 Å². The Kier molecular flexibility index (Phi) is 4.12. The van der Waals surface area contributed by atoms with Crippen LogP contribution < -0.4 is 0 Å². The summed E-state index contributed by atoms with van der Waals surface area (Å²) >= 11 is 0. The van der Waals surface area contributed by atoms with Crippen molar-refractivity contribution >= 4 is 5.91 Å². The number of carbonyl (C=O) groups excluding carboxylic acids is 1. The van der Waals surface area contributed by atoms with Crippen molar-refractivity contribution in [2.75, 3.05) is 32.8 Å². The Labute approximate surface area is 143 Å². The van der Waals surface area contributed by atoms with Gasteiger partial charge in [-0.05, 0) is 38.6 Å². The summed E-state index contributed by atoms with van der Waals surface area (Å²) in [4.78, 5) is 17.2. The fraction of sp³-hybridized carbons (Fsp3) is 0.778. The molecule has 6 heteroatoms. The van der Waals surface area contributed by atoms with E-state index in [2.05, 4.69) is 10.00 Å². The van der Waals surface area contributed by atoms with Crippen LogP contribution >= 0.6 is 0 Å². The van der Waals surface area contributed by atoms with E-state index < -0.39 is 0 Å². The van der Waals surface area contributed by atoms with Gasteiger partial charge < -0.3 is 10.0 Å². The summed E-state index contributed by atoms with van der Waals surface area (Å²) in [5.74, 6) is 0.958. The lowest BCUT2D eigenvalue weighted by molar-refractivity contribution is -0.146. The summed E-state index contributed by atoms with van der Waals surface area (Å²) in [6.45, 7) is 4.09. The molecule has 2 saturated heterocycles. The number of aromatic nitrogens is 2. The van der Waals surface area contributed by atoms with Crippen LogP contribution in [-0.4, -0.2) is 63.4 Å². The van der Waals surface area contributed by atoms with Gasteiger partial charge in [0.2, 0.25) is 5.91 Å². The molecule has 24 heavy (non-hydrogen) atoms. The normalized spacial score (nSPS) is 28.2. The molecule has 1 spiro atoms. The predicted octanol–water partition coefficient (Wildman–Crippen LogP) is 1.10. The summed E-state index contributed by atoms with van der Waals surface area (Å²) in [6, 6.07) is 0. The number of aliphatic hydroxyl groups is 1. The van der Waals surface area contributed by atoms with Crippen LogP contribution in [0.1, 0.15) is 49.3 Å². The van der Waals surface area contributed by atoms with Gasteiger partial charge in [0.25, 0.3) is 0 Å². The van der Waals surface area contributed by atoms with E-state index in [9.17, 15) is 9.90 Å². The van der Waals surface area contributed by atoms with E-state index in [0.29, 0.717) is 12.5 Å². The molecule has 2 aliphatic heterocycles. The monoisotopic (exact) mass is 332 g/mol. The largest absolute Gasteiger partial charge is 0.395 e. The molecule has 3 aliphatic rings. The lowest BCUT2D eigenvalue weighted by Crippen LogP contribution is -2.50. The van der Waals surface area contributed by atoms with Gasteiger partial charge in [-0.1, -0.05) is 0 Å². The zero-order valence-corrected chi connectivity index (χ0v) is 14.6. The highest BCUT2D eigenvalue weighted by atomic mass is 16.3. The molecule has 1 aliphatic carbocycles. The number of rotatable bonds is 5. The average Bonchev–Trinajstić information content (AvgIpc) is 3.22. The molecule has 132 valence electrons. The summed E-state index contributed by atoms with van der Waals surface area (Å²) in [5, 5.41) is 13.7. The average molecular weight is 332 g/mol. The van der Waals surface area contributed by atoms with Crippen molar-refractivity contribution in [3.8, 4) is 0 Å². The fourth-order valence-corrected chi connectivity index (χ4v) is 4.70. The predicted molar refractivity (Wildman–Crippen MR) is 90.4 cm³/mol. The molecule has 1 aromatic rings. The highest BCUT2D eigenvalue weighted by molar-refractivity contribution is 5.84. The zero-order chi connectivity index (χ0) is 16.7. The fourth-order valence-electron chi connectivity index (χ4n) is 4.70. The molecule has 1 unspecified atom stereocenters. The molecule has 0 aromatic carbocycles. The topological polar surface area (TPSA) is 61.6 Å². The molecular formula is C18H28N4O2. The zero-order valence-electron chi connectivity index (χ0n) is 14.6. The second-order valence-corrected chi connectivity index (χ2v) is 7.81. The molecule has 1 atom stereocenters. The van der Waals surface area contributed by atoms with Crippen LogP contribution in [0.5, 0.6) is 0 Å². The maximum Gasteiger partial charge on any atom is 0.230 e. The molecule has 4 rings (SSSR count). The number of likely N-dealkylation sites (tertiary alicyclic amines) is 2. The quantitative estimate of drug-likeness (QED) is 0.877. The second-order valence-electron chi connectivity index (χ2n) is 7.81. The van der Waals surface area contributed by atoms with Crippen molar-refractivity contribution in [2.45, 2.75) is 44.6 Å². The van der Waals surface area contributed by atoms with Gasteiger partial charge in [0.05, 0.1) is 18.2 Å². The maximum absolute atomic E-state index is 12.9. The molecule has 1 aromatic heterocycles. The van der Waals surface area contributed by atoms with E-state index in [1.807, 2.05) is 22.8 Å². The Balaban J connectivity index is 1.45. The van der Waals surface area contributed by atoms with E-state index >= 15 is 0 Å². The van der Waals surface area contributed by atoms with Gasteiger partial charge in [-0.2, -0.15) is 5.10 Å². The summed E-state index contributed by atoms with van der Waals surface area (Å²) < 4.78 is 2.04. The molecule has 3 heterocycles. The Morgan fingerprint density at radius 2 is 2.17 bits per heavy atom. The van der Waals surface area contributed by atoms with Gasteiger partial charge in [-0.3, -0.25) is 14.4 Å². The third-order valence-electron chi connectivity index (χ3n) is 6.05. The van der Waals surface area contributed by atoms with Crippen LogP contribution in [0, 0.1) is 5.41 Å². The van der Waals surface area contributed by atoms with Gasteiger partial charge in [0, 0.05) is 50.4 Å². The minimum absolute atomic E-state index is 0.0615. The molecule has 1 amide bonds. The van der Waals surface area contributed by atoms with Crippen molar-refractivity contribution in [1.29, 1.82) is 0 Å². The van der Waals surface area contributed by atoms with Gasteiger partial charge >= 0.3 is 0 Å². The molecule has 6 nitrogen and oxygen atoms in total. The smallest absolute Gasteiger partial charge is 0.230 e. The van der Waals surface area contributed by atoms with E-state index in [1.165, 1.54) is 24.1 Å². The number of hydrogen-bond donors (Lipinski definition) is 1. The van der Waals surface area contributed by atoms with Gasteiger partial charge in [0.1, 0.15) is 0 Å². The first-order chi connectivity index (χ1) is 11.6. The summed E-state index contributed by atoms with van der Waals surface area (Å²) in [5.41, 5.74) is 2.52. The van der Waals surface area contributed by atoms with Crippen LogP contribution in [0.2, 0.25) is 0 Å². The van der Waals surface area contributed by atoms with Crippen molar-refractivity contribution in [3.05, 3.63) is 17.5 Å². The van der Waals surface area contributed by atoms with Gasteiger partial charge in [0.15, 0.2) is 0 Å². The number of nitrogens with zero attached hydrogens (tertiary/aromatic N) is 4. The Bertz CT molecular complexity index is 623. The standard InChI is InChI=1S/C18H28N4O2/c1-20-16(14-3-4-14)15(11-19-20)12-21-8-6-18(13-21)5-2-7-22(9-10-23)17(18)24/h11,14,23H,2-10,12-13H2,1H3. The van der Waals surface area contributed by atoms with E-state index in [0.717, 1.165) is 45.4 Å². The molecular weight excluding hydrogens is 304 g/mol. The Morgan fingerprint density at radius 3 is 2.92 bits per heavy atom. The first-order valence-electron chi connectivity index (χ1n) is 9.26. The van der Waals surface area contributed by atoms with Crippen LogP contribution in [0.4, 0.5) is 0 Å². The second kappa shape index (κ2) is 6.15. The Hall–Kier alpha value is -1.40. The van der Waals surface area contributed by atoms with Crippen LogP contribution in [-0.2, 0) is 18.4 Å². The maximum atomic E-state index is 12.9. The number of carbonyl (C=O) groups is 1. The van der Waals surface area contributed by atoms with Crippen LogP contribution in [0.15, 0.2) is 6.20 Å². The van der Waals surface area contributed by atoms with Crippen LogP contribution in [0.25, 0.3) is 0 Å². The van der Waals surface area contributed by atoms with Crippen LogP contribution in [0.3, 0.4) is 0 Å². The number of piperidine rings is 1. The number of hydrogen-bond acceptors (Lipinski definition) is 4. The van der Waals surface area contributed by atoms with Gasteiger partial charge in [-0.15, -0.1) is 0 Å². The van der Waals surface area contributed by atoms with Crippen molar-refractivity contribution < 1.29 is 9.90 Å². The van der Waals surface area contributed by atoms with Crippen molar-refractivity contribution in [3.63, 3.8) is 0 Å². The minimum Gasteiger partial charge on any atom is -0.395 e. The summed E-state index contributed by atoms with van der Waals surface area (Å²) in [7, 11) is 2.04. The van der Waals surface area contributed by atoms with E-state index in [4.69, 9.17) is 0 Å².